The van der Waals surface area contributed by atoms with Crippen molar-refractivity contribution in [2.75, 3.05) is 0 Å². The Hall–Kier alpha value is -0.780. The zero-order valence-electron chi connectivity index (χ0n) is 20.4. The van der Waals surface area contributed by atoms with Crippen LogP contribution < -0.4 is 0 Å². The van der Waals surface area contributed by atoms with Crippen LogP contribution in [0.2, 0.25) is 0 Å². The van der Waals surface area contributed by atoms with E-state index in [1.165, 1.54) is 25.4 Å². The quantitative estimate of drug-likeness (QED) is 0.216. The lowest BCUT2D eigenvalue weighted by Crippen LogP contribution is -1.65. The lowest BCUT2D eigenvalue weighted by Gasteiger charge is -1.96. The molecule has 0 aromatic heterocycles. The van der Waals surface area contributed by atoms with Crippen LogP contribution >= 0.6 is 141 Å². The minimum Gasteiger partial charge on any atom is -0.0884 e. The van der Waals surface area contributed by atoms with Crippen LogP contribution in [0.4, 0.5) is 0 Å². The zero-order chi connectivity index (χ0) is 28.1. The Labute approximate surface area is 293 Å². The van der Waals surface area contributed by atoms with Gasteiger partial charge in [-0.2, -0.15) is 0 Å². The van der Waals surface area contributed by atoms with Crippen molar-refractivity contribution in [3.05, 3.63) is 156 Å². The molecule has 198 valence electrons. The van der Waals surface area contributed by atoms with Gasteiger partial charge >= 0.3 is 0 Å². The highest BCUT2D eigenvalue weighted by molar-refractivity contribution is 8.36. The predicted octanol–water partition coefficient (Wildman–Crippen LogP) is 13.2. The normalized spacial score (nSPS) is 21.7. The average molecular weight is 751 g/mol. The maximum absolute atomic E-state index is 3.27. The van der Waals surface area contributed by atoms with E-state index in [0.717, 1.165) is 29.4 Å². The van der Waals surface area contributed by atoms with Gasteiger partial charge in [0.15, 0.2) is 0 Å². The molecule has 1 aliphatic carbocycles. The summed E-state index contributed by atoms with van der Waals surface area (Å²) in [6.45, 7) is 0. The number of rotatable bonds is 0. The van der Waals surface area contributed by atoms with Crippen molar-refractivity contribution in [1.29, 1.82) is 0 Å². The van der Waals surface area contributed by atoms with Crippen LogP contribution in [0.1, 0.15) is 0 Å². The number of hydrogen-bond acceptors (Lipinski definition) is 12. The van der Waals surface area contributed by atoms with Gasteiger partial charge in [0.2, 0.25) is 0 Å². The fourth-order valence-electron chi connectivity index (χ4n) is 3.08. The summed E-state index contributed by atoms with van der Waals surface area (Å²) in [6, 6.07) is 0. The van der Waals surface area contributed by atoms with Crippen LogP contribution in [0.25, 0.3) is 0 Å². The van der Waals surface area contributed by atoms with Crippen LogP contribution in [0.15, 0.2) is 156 Å². The molecule has 7 aliphatic rings. The largest absolute Gasteiger partial charge is 0.0884 e. The molecule has 0 aromatic rings. The molecule has 6 heterocycles. The Morgan fingerprint density at radius 1 is 0.262 bits per heavy atom. The minimum absolute atomic E-state index is 0.918. The van der Waals surface area contributed by atoms with Gasteiger partial charge in [0.05, 0.1) is 54.9 Å². The Balaban J connectivity index is 1.45. The van der Waals surface area contributed by atoms with Gasteiger partial charge in [-0.05, 0) is 101 Å². The monoisotopic (exact) mass is 750 g/mol. The Bertz CT molecular complexity index is 1720. The summed E-state index contributed by atoms with van der Waals surface area (Å²) in [5, 5.41) is 12.6. The third kappa shape index (κ3) is 7.20. The molecular weight excluding hydrogens is 745 g/mol. The molecule has 42 heavy (non-hydrogen) atoms. The Morgan fingerprint density at radius 2 is 0.452 bits per heavy atom. The van der Waals surface area contributed by atoms with Gasteiger partial charge in [-0.15, -0.1) is 0 Å². The van der Waals surface area contributed by atoms with Gasteiger partial charge < -0.3 is 0 Å². The number of thioether (sulfide) groups is 12. The van der Waals surface area contributed by atoms with Crippen LogP contribution in [-0.2, 0) is 0 Å². The number of fused-ring (bicyclic) bond motifs is 3. The molecule has 0 aromatic carbocycles. The van der Waals surface area contributed by atoms with Crippen LogP contribution in [0.3, 0.4) is 0 Å². The number of hydrogen-bond donors (Lipinski definition) is 0. The first-order valence-electron chi connectivity index (χ1n) is 11.3. The molecule has 0 spiro atoms. The molecule has 12 heteroatoms. The van der Waals surface area contributed by atoms with Gasteiger partial charge in [0.1, 0.15) is 0 Å². The van der Waals surface area contributed by atoms with Crippen LogP contribution in [-0.4, -0.2) is 0 Å². The van der Waals surface area contributed by atoms with Crippen molar-refractivity contribution in [3.8, 4) is 0 Å². The summed E-state index contributed by atoms with van der Waals surface area (Å²) >= 11 is 20.4. The fourth-order valence-corrected chi connectivity index (χ4v) is 16.5. The fraction of sp³-hybridized carbons (Fsp3) is 0. The molecule has 3 fully saturated rings. The van der Waals surface area contributed by atoms with E-state index >= 15 is 0 Å². The highest BCUT2D eigenvalue weighted by Crippen LogP contribution is 2.60. The summed E-state index contributed by atoms with van der Waals surface area (Å²) in [4.78, 5) is 5.51. The van der Waals surface area contributed by atoms with Gasteiger partial charge in [0, 0.05) is 0 Å². The lowest BCUT2D eigenvalue weighted by atomic mass is 10.5. The molecular formula is C30H6S12. The summed E-state index contributed by atoms with van der Waals surface area (Å²) in [5.74, 6) is 0. The molecule has 0 N–H and O–H groups in total. The second kappa shape index (κ2) is 14.5. The Morgan fingerprint density at radius 3 is 0.643 bits per heavy atom. The lowest BCUT2D eigenvalue weighted by molar-refractivity contribution is 1.88. The third-order valence-corrected chi connectivity index (χ3v) is 20.0. The van der Waals surface area contributed by atoms with Crippen molar-refractivity contribution in [2.45, 2.75) is 0 Å². The van der Waals surface area contributed by atoms with Gasteiger partial charge in [-0.1, -0.05) is 141 Å². The molecule has 6 aliphatic heterocycles. The summed E-state index contributed by atoms with van der Waals surface area (Å²) in [6.07, 6.45) is 0. The van der Waals surface area contributed by atoms with E-state index in [2.05, 4.69) is 101 Å². The SMILES string of the molecule is C1=C=C=C2SC(=C3SC=CS3)SC2=C=C=C=C=C2SC(=C3SC=CS3)SC2=C=C=C=C=C2SC(=C3SC=CS3)SC2=C=1. The zero-order valence-corrected chi connectivity index (χ0v) is 30.2. The van der Waals surface area contributed by atoms with E-state index in [1.54, 1.807) is 141 Å². The molecule has 0 atom stereocenters. The first kappa shape index (κ1) is 29.9. The molecule has 0 amide bonds. The maximum Gasteiger partial charge on any atom is 0.0862 e. The summed E-state index contributed by atoms with van der Waals surface area (Å²) in [5.41, 5.74) is 38.1. The smallest absolute Gasteiger partial charge is 0.0862 e. The second-order valence-corrected chi connectivity index (χ2v) is 20.5. The summed E-state index contributed by atoms with van der Waals surface area (Å²) in [7, 11) is 0. The van der Waals surface area contributed by atoms with Crippen LogP contribution in [0.5, 0.6) is 0 Å². The van der Waals surface area contributed by atoms with Crippen LogP contribution in [0, 0.1) is 0 Å². The molecule has 0 radical (unpaired) electrons. The van der Waals surface area contributed by atoms with Crippen molar-refractivity contribution in [3.63, 3.8) is 0 Å². The highest BCUT2D eigenvalue weighted by atomic mass is 32.2. The molecule has 0 unspecified atom stereocenters. The topological polar surface area (TPSA) is 0 Å². The molecule has 0 bridgehead atoms. The summed E-state index contributed by atoms with van der Waals surface area (Å²) < 4.78 is 7.38. The predicted molar refractivity (Wildman–Crippen MR) is 203 cm³/mol. The van der Waals surface area contributed by atoms with E-state index in [0.29, 0.717) is 0 Å². The van der Waals surface area contributed by atoms with Crippen molar-refractivity contribution in [1.82, 2.24) is 0 Å². The van der Waals surface area contributed by atoms with E-state index in [1.807, 2.05) is 0 Å². The maximum atomic E-state index is 3.27. The first-order chi connectivity index (χ1) is 20.8. The highest BCUT2D eigenvalue weighted by Gasteiger charge is 2.27. The van der Waals surface area contributed by atoms with Gasteiger partial charge in [-0.3, -0.25) is 0 Å². The third-order valence-electron chi connectivity index (χ3n) is 4.75. The molecule has 0 saturated carbocycles. The van der Waals surface area contributed by atoms with Gasteiger partial charge in [0.25, 0.3) is 0 Å². The molecule has 0 nitrogen and oxygen atoms in total. The standard InChI is InChI=1S/C30H6S12/c1-2-8-20-22(40-29(38-20)26-33-15-16-34-26)10-5-6-12-24-23(41-30(42-24)27-35-17-18-36-27)11-4-3-9-21-19(7-1)37-28(39-21)25-31-13-14-32-25/h13-18H. The van der Waals surface area contributed by atoms with E-state index in [4.69, 9.17) is 0 Å². The molecule has 7 rings (SSSR count). The molecule has 3 saturated heterocycles. The minimum atomic E-state index is 0.918. The van der Waals surface area contributed by atoms with E-state index < -0.39 is 0 Å². The van der Waals surface area contributed by atoms with E-state index in [9.17, 15) is 0 Å². The first-order valence-corrected chi connectivity index (χ1v) is 21.5. The Kier molecular flexibility index (Phi) is 10.4. The van der Waals surface area contributed by atoms with Crippen molar-refractivity contribution >= 4 is 141 Å². The van der Waals surface area contributed by atoms with Gasteiger partial charge in [-0.25, -0.2) is 0 Å². The second-order valence-electron chi connectivity index (χ2n) is 7.34. The van der Waals surface area contributed by atoms with Crippen molar-refractivity contribution in [2.24, 2.45) is 0 Å². The average Bonchev–Trinajstić information content (AvgIpc) is 3.83. The van der Waals surface area contributed by atoms with E-state index in [-0.39, 0.29) is 0 Å². The van der Waals surface area contributed by atoms with Crippen molar-refractivity contribution < 1.29 is 0 Å².